The predicted octanol–water partition coefficient (Wildman–Crippen LogP) is 3.50. The van der Waals surface area contributed by atoms with Gasteiger partial charge in [0, 0.05) is 13.0 Å². The van der Waals surface area contributed by atoms with Crippen LogP contribution in [0.5, 0.6) is 0 Å². The molecule has 154 valence electrons. The lowest BCUT2D eigenvalue weighted by Crippen LogP contribution is -2.52. The number of nitrogens with zero attached hydrogens (tertiary/aromatic N) is 2. The SMILES string of the molecule is CC(C)OC(=O)[C@@H]1CCN(C(=O)OC(C)(C)C)N1C(=O)OCc1ccccc1. The molecule has 0 aromatic heterocycles. The Bertz CT molecular complexity index is 698. The highest BCUT2D eigenvalue weighted by Crippen LogP contribution is 2.24. The molecule has 0 radical (unpaired) electrons. The molecular weight excluding hydrogens is 364 g/mol. The molecule has 1 aliphatic heterocycles. The normalized spacial score (nSPS) is 16.9. The molecule has 0 bridgehead atoms. The molecular formula is C20H28N2O6. The van der Waals surface area contributed by atoms with Crippen molar-refractivity contribution >= 4 is 18.2 Å². The molecule has 0 saturated carbocycles. The van der Waals surface area contributed by atoms with E-state index in [4.69, 9.17) is 14.2 Å². The van der Waals surface area contributed by atoms with Gasteiger partial charge in [0.15, 0.2) is 6.04 Å². The minimum Gasteiger partial charge on any atom is -0.461 e. The highest BCUT2D eigenvalue weighted by atomic mass is 16.6. The molecule has 1 heterocycles. The number of hydrogen-bond acceptors (Lipinski definition) is 6. The van der Waals surface area contributed by atoms with Crippen molar-refractivity contribution in [3.05, 3.63) is 35.9 Å². The van der Waals surface area contributed by atoms with E-state index in [0.29, 0.717) is 0 Å². The summed E-state index contributed by atoms with van der Waals surface area (Å²) in [6, 6.07) is 8.19. The Morgan fingerprint density at radius 3 is 2.32 bits per heavy atom. The highest BCUT2D eigenvalue weighted by molar-refractivity contribution is 5.84. The Morgan fingerprint density at radius 2 is 1.75 bits per heavy atom. The molecule has 0 N–H and O–H groups in total. The van der Waals surface area contributed by atoms with Gasteiger partial charge in [0.2, 0.25) is 0 Å². The van der Waals surface area contributed by atoms with Crippen molar-refractivity contribution in [2.45, 2.75) is 65.4 Å². The van der Waals surface area contributed by atoms with Gasteiger partial charge in [-0.3, -0.25) is 0 Å². The van der Waals surface area contributed by atoms with Crippen molar-refractivity contribution in [2.75, 3.05) is 6.54 Å². The summed E-state index contributed by atoms with van der Waals surface area (Å²) < 4.78 is 15.9. The van der Waals surface area contributed by atoms with Crippen molar-refractivity contribution in [2.24, 2.45) is 0 Å². The number of carbonyl (C=O) groups is 3. The third-order valence-corrected chi connectivity index (χ3v) is 3.79. The van der Waals surface area contributed by atoms with Crippen molar-refractivity contribution in [1.29, 1.82) is 0 Å². The molecule has 0 unspecified atom stereocenters. The first-order valence-electron chi connectivity index (χ1n) is 9.29. The van der Waals surface area contributed by atoms with Crippen molar-refractivity contribution in [1.82, 2.24) is 10.0 Å². The second kappa shape index (κ2) is 8.95. The maximum absolute atomic E-state index is 12.7. The molecule has 1 aliphatic rings. The van der Waals surface area contributed by atoms with Gasteiger partial charge < -0.3 is 14.2 Å². The summed E-state index contributed by atoms with van der Waals surface area (Å²) in [6.07, 6.45) is -1.63. The Morgan fingerprint density at radius 1 is 1.11 bits per heavy atom. The summed E-state index contributed by atoms with van der Waals surface area (Å²) in [5.41, 5.74) is 0.0490. The molecule has 1 atom stereocenters. The first-order valence-corrected chi connectivity index (χ1v) is 9.29. The second-order valence-electron chi connectivity index (χ2n) is 7.78. The van der Waals surface area contributed by atoms with Crippen LogP contribution >= 0.6 is 0 Å². The Hall–Kier alpha value is -2.77. The zero-order valence-corrected chi connectivity index (χ0v) is 17.0. The zero-order valence-electron chi connectivity index (χ0n) is 17.0. The lowest BCUT2D eigenvalue weighted by molar-refractivity contribution is -0.155. The third kappa shape index (κ3) is 5.87. The monoisotopic (exact) mass is 392 g/mol. The fraction of sp³-hybridized carbons (Fsp3) is 0.550. The van der Waals surface area contributed by atoms with Gasteiger partial charge in [-0.1, -0.05) is 30.3 Å². The lowest BCUT2D eigenvalue weighted by atomic mass is 10.2. The van der Waals surface area contributed by atoms with E-state index < -0.39 is 29.8 Å². The van der Waals surface area contributed by atoms with E-state index in [0.717, 1.165) is 15.6 Å². The number of hydrazine groups is 1. The number of benzene rings is 1. The first-order chi connectivity index (χ1) is 13.1. The summed E-state index contributed by atoms with van der Waals surface area (Å²) in [4.78, 5) is 37.7. The van der Waals surface area contributed by atoms with Crippen LogP contribution in [0.2, 0.25) is 0 Å². The molecule has 8 heteroatoms. The highest BCUT2D eigenvalue weighted by Gasteiger charge is 2.45. The van der Waals surface area contributed by atoms with Crippen molar-refractivity contribution in [3.63, 3.8) is 0 Å². The molecule has 0 aliphatic carbocycles. The van der Waals surface area contributed by atoms with Gasteiger partial charge in [-0.05, 0) is 40.2 Å². The molecule has 1 aromatic carbocycles. The van der Waals surface area contributed by atoms with E-state index in [9.17, 15) is 14.4 Å². The number of rotatable bonds is 4. The molecule has 1 fully saturated rings. The lowest BCUT2D eigenvalue weighted by Gasteiger charge is -2.32. The quantitative estimate of drug-likeness (QED) is 0.576. The Balaban J connectivity index is 2.16. The fourth-order valence-corrected chi connectivity index (χ4v) is 2.68. The van der Waals surface area contributed by atoms with Crippen LogP contribution in [0.25, 0.3) is 0 Å². The van der Waals surface area contributed by atoms with E-state index in [1.807, 2.05) is 30.3 Å². The fourth-order valence-electron chi connectivity index (χ4n) is 2.68. The van der Waals surface area contributed by atoms with Crippen LogP contribution in [-0.4, -0.2) is 52.5 Å². The van der Waals surface area contributed by atoms with Gasteiger partial charge >= 0.3 is 18.2 Å². The van der Waals surface area contributed by atoms with Crippen LogP contribution in [-0.2, 0) is 25.6 Å². The smallest absolute Gasteiger partial charge is 0.430 e. The number of carbonyl (C=O) groups excluding carboxylic acids is 3. The van der Waals surface area contributed by atoms with Gasteiger partial charge in [-0.15, -0.1) is 0 Å². The Labute approximate surface area is 165 Å². The number of esters is 1. The summed E-state index contributed by atoms with van der Waals surface area (Å²) >= 11 is 0. The van der Waals surface area contributed by atoms with Gasteiger partial charge in [0.1, 0.15) is 12.2 Å². The largest absolute Gasteiger partial charge is 0.461 e. The summed E-state index contributed by atoms with van der Waals surface area (Å²) in [5.74, 6) is -0.585. The van der Waals surface area contributed by atoms with E-state index in [1.165, 1.54) is 0 Å². The van der Waals surface area contributed by atoms with E-state index in [-0.39, 0.29) is 25.7 Å². The zero-order chi connectivity index (χ0) is 20.9. The third-order valence-electron chi connectivity index (χ3n) is 3.79. The van der Waals surface area contributed by atoms with Crippen LogP contribution < -0.4 is 0 Å². The average Bonchev–Trinajstić information content (AvgIpc) is 3.04. The molecule has 1 saturated heterocycles. The number of ether oxygens (including phenoxy) is 3. The molecule has 28 heavy (non-hydrogen) atoms. The molecule has 0 spiro atoms. The summed E-state index contributed by atoms with van der Waals surface area (Å²) in [6.45, 7) is 8.78. The van der Waals surface area contributed by atoms with Crippen molar-refractivity contribution in [3.8, 4) is 0 Å². The van der Waals surface area contributed by atoms with Gasteiger partial charge in [0.25, 0.3) is 0 Å². The maximum Gasteiger partial charge on any atom is 0.430 e. The average molecular weight is 392 g/mol. The Kier molecular flexibility index (Phi) is 6.88. The molecule has 2 amide bonds. The van der Waals surface area contributed by atoms with Crippen LogP contribution in [0.3, 0.4) is 0 Å². The van der Waals surface area contributed by atoms with E-state index in [2.05, 4.69) is 0 Å². The van der Waals surface area contributed by atoms with Crippen LogP contribution in [0, 0.1) is 0 Å². The van der Waals surface area contributed by atoms with Crippen molar-refractivity contribution < 1.29 is 28.6 Å². The van der Waals surface area contributed by atoms with E-state index in [1.54, 1.807) is 34.6 Å². The molecule has 1 aromatic rings. The molecule has 2 rings (SSSR count). The second-order valence-corrected chi connectivity index (χ2v) is 7.78. The topological polar surface area (TPSA) is 85.4 Å². The van der Waals surface area contributed by atoms with Crippen LogP contribution in [0.1, 0.15) is 46.6 Å². The van der Waals surface area contributed by atoms with Crippen LogP contribution in [0.4, 0.5) is 9.59 Å². The van der Waals surface area contributed by atoms with Gasteiger partial charge in [0.05, 0.1) is 6.10 Å². The molecule has 8 nitrogen and oxygen atoms in total. The predicted molar refractivity (Wildman–Crippen MR) is 101 cm³/mol. The minimum absolute atomic E-state index is 0.0181. The minimum atomic E-state index is -0.946. The van der Waals surface area contributed by atoms with Crippen LogP contribution in [0.15, 0.2) is 30.3 Å². The number of amides is 2. The number of hydrogen-bond donors (Lipinski definition) is 0. The first kappa shape index (κ1) is 21.5. The van der Waals surface area contributed by atoms with Gasteiger partial charge in [-0.2, -0.15) is 5.01 Å². The maximum atomic E-state index is 12.7. The summed E-state index contributed by atoms with van der Waals surface area (Å²) in [7, 11) is 0. The van der Waals surface area contributed by atoms with E-state index >= 15 is 0 Å². The van der Waals surface area contributed by atoms with Gasteiger partial charge in [-0.25, -0.2) is 19.4 Å². The standard InChI is InChI=1S/C20H28N2O6/c1-14(2)27-17(23)16-11-12-21(18(24)28-20(3,4)5)22(16)19(25)26-13-15-9-7-6-8-10-15/h6-10,14,16H,11-13H2,1-5H3/t16-/m0/s1. The summed E-state index contributed by atoms with van der Waals surface area (Å²) in [5, 5.41) is 2.10.